The lowest BCUT2D eigenvalue weighted by atomic mass is 10.1. The highest BCUT2D eigenvalue weighted by atomic mass is 16.3. The summed E-state index contributed by atoms with van der Waals surface area (Å²) in [4.78, 5) is 14.7. The first-order chi connectivity index (χ1) is 12.8. The zero-order valence-corrected chi connectivity index (χ0v) is 16.0. The fourth-order valence-electron chi connectivity index (χ4n) is 3.51. The molecule has 27 heavy (non-hydrogen) atoms. The van der Waals surface area contributed by atoms with E-state index in [0.717, 1.165) is 11.4 Å². The molecule has 1 aliphatic rings. The fourth-order valence-corrected chi connectivity index (χ4v) is 3.51. The summed E-state index contributed by atoms with van der Waals surface area (Å²) < 4.78 is 3.70. The molecule has 0 radical (unpaired) electrons. The van der Waals surface area contributed by atoms with Crippen molar-refractivity contribution in [2.75, 3.05) is 13.1 Å². The predicted octanol–water partition coefficient (Wildman–Crippen LogP) is 1.93. The number of nitrogens with zero attached hydrogens (tertiary/aromatic N) is 6. The van der Waals surface area contributed by atoms with E-state index in [1.54, 1.807) is 22.7 Å². The van der Waals surface area contributed by atoms with Crippen molar-refractivity contribution in [1.29, 1.82) is 0 Å². The summed E-state index contributed by atoms with van der Waals surface area (Å²) in [5.41, 5.74) is 3.28. The van der Waals surface area contributed by atoms with E-state index >= 15 is 0 Å². The Morgan fingerprint density at radius 2 is 1.96 bits per heavy atom. The van der Waals surface area contributed by atoms with Crippen LogP contribution in [0.4, 0.5) is 0 Å². The number of likely N-dealkylation sites (tertiary alicyclic amines) is 1. The number of aryl methyl sites for hydroxylation is 2. The van der Waals surface area contributed by atoms with Crippen LogP contribution in [0.3, 0.4) is 0 Å². The van der Waals surface area contributed by atoms with Gasteiger partial charge in [-0.25, -0.2) is 0 Å². The maximum Gasteiger partial charge on any atom is 0.255 e. The molecule has 1 saturated heterocycles. The number of carbonyl (C=O) groups is 1. The molecule has 8 heteroatoms. The third kappa shape index (κ3) is 2.99. The van der Waals surface area contributed by atoms with Gasteiger partial charge in [0.25, 0.3) is 5.91 Å². The van der Waals surface area contributed by atoms with E-state index in [1.807, 2.05) is 43.3 Å². The lowest BCUT2D eigenvalue weighted by Crippen LogP contribution is -2.51. The first-order valence-electron chi connectivity index (χ1n) is 9.20. The molecular weight excluding hydrogens is 344 g/mol. The minimum absolute atomic E-state index is 0.00802. The first-order valence-corrected chi connectivity index (χ1v) is 9.20. The molecule has 0 saturated carbocycles. The molecular formula is C19H24N6O2. The smallest absolute Gasteiger partial charge is 0.255 e. The molecule has 4 heterocycles. The summed E-state index contributed by atoms with van der Waals surface area (Å²) in [6, 6.07) is 5.79. The average Bonchev–Trinajstić information content (AvgIpc) is 3.15. The number of rotatable bonds is 4. The number of amides is 1. The molecule has 1 unspecified atom stereocenters. The standard InChI is InChI=1S/C19H24N6O2/c1-11(2)17(26)18-21-20-16-6-5-14(8-24(16)18)19(27)23-9-15(10-23)25-13(4)7-12(3)22-25/h5-8,11,15,17,26H,9-10H2,1-4H3. The molecule has 1 amide bonds. The Bertz CT molecular complexity index is 999. The van der Waals surface area contributed by atoms with Crippen molar-refractivity contribution in [2.45, 2.75) is 39.8 Å². The van der Waals surface area contributed by atoms with Crippen LogP contribution in [0.1, 0.15) is 53.6 Å². The van der Waals surface area contributed by atoms with Crippen LogP contribution in [0.2, 0.25) is 0 Å². The zero-order chi connectivity index (χ0) is 19.3. The Labute approximate surface area is 157 Å². The average molecular weight is 368 g/mol. The Hall–Kier alpha value is -2.74. The van der Waals surface area contributed by atoms with Crippen LogP contribution in [0.5, 0.6) is 0 Å². The van der Waals surface area contributed by atoms with Crippen LogP contribution >= 0.6 is 0 Å². The lowest BCUT2D eigenvalue weighted by molar-refractivity contribution is 0.0497. The Kier molecular flexibility index (Phi) is 4.22. The van der Waals surface area contributed by atoms with Gasteiger partial charge in [-0.3, -0.25) is 13.9 Å². The van der Waals surface area contributed by atoms with E-state index in [2.05, 4.69) is 15.3 Å². The van der Waals surface area contributed by atoms with Crippen molar-refractivity contribution in [3.8, 4) is 0 Å². The predicted molar refractivity (Wildman–Crippen MR) is 99.4 cm³/mol. The Morgan fingerprint density at radius 3 is 2.59 bits per heavy atom. The molecule has 0 bridgehead atoms. The summed E-state index contributed by atoms with van der Waals surface area (Å²) in [5, 5.41) is 23.0. The number of hydrogen-bond acceptors (Lipinski definition) is 5. The van der Waals surface area contributed by atoms with E-state index in [4.69, 9.17) is 0 Å². The van der Waals surface area contributed by atoms with E-state index < -0.39 is 6.10 Å². The highest BCUT2D eigenvalue weighted by Crippen LogP contribution is 2.25. The number of aromatic nitrogens is 5. The van der Waals surface area contributed by atoms with Gasteiger partial charge in [0.05, 0.1) is 17.3 Å². The largest absolute Gasteiger partial charge is 0.385 e. The molecule has 0 aromatic carbocycles. The van der Waals surface area contributed by atoms with Gasteiger partial charge in [-0.05, 0) is 38.0 Å². The van der Waals surface area contributed by atoms with Gasteiger partial charge in [-0.1, -0.05) is 13.8 Å². The van der Waals surface area contributed by atoms with Gasteiger partial charge in [0.2, 0.25) is 0 Å². The van der Waals surface area contributed by atoms with Crippen LogP contribution in [-0.2, 0) is 0 Å². The van der Waals surface area contributed by atoms with E-state index in [9.17, 15) is 9.90 Å². The van der Waals surface area contributed by atoms with Crippen molar-refractivity contribution >= 4 is 11.6 Å². The van der Waals surface area contributed by atoms with Crippen LogP contribution < -0.4 is 0 Å². The number of hydrogen-bond donors (Lipinski definition) is 1. The van der Waals surface area contributed by atoms with Gasteiger partial charge in [-0.15, -0.1) is 10.2 Å². The highest BCUT2D eigenvalue weighted by Gasteiger charge is 2.34. The summed E-state index contributed by atoms with van der Waals surface area (Å²) in [6.45, 7) is 9.12. The Balaban J connectivity index is 1.53. The van der Waals surface area contributed by atoms with E-state index in [-0.39, 0.29) is 17.9 Å². The van der Waals surface area contributed by atoms with Crippen molar-refractivity contribution < 1.29 is 9.90 Å². The minimum atomic E-state index is -0.732. The molecule has 0 spiro atoms. The number of fused-ring (bicyclic) bond motifs is 1. The fraction of sp³-hybridized carbons (Fsp3) is 0.474. The van der Waals surface area contributed by atoms with Crippen LogP contribution in [0.25, 0.3) is 5.65 Å². The van der Waals surface area contributed by atoms with Crippen LogP contribution in [0, 0.1) is 19.8 Å². The Morgan fingerprint density at radius 1 is 1.22 bits per heavy atom. The summed E-state index contributed by atoms with van der Waals surface area (Å²) in [5.74, 6) is 0.431. The SMILES string of the molecule is Cc1cc(C)n(C2CN(C(=O)c3ccc4nnc(C(O)C(C)C)n4c3)C2)n1. The molecule has 1 N–H and O–H groups in total. The summed E-state index contributed by atoms with van der Waals surface area (Å²) in [6.07, 6.45) is 0.986. The molecule has 1 atom stereocenters. The number of carbonyl (C=O) groups excluding carboxylic acids is 1. The normalized spacial score (nSPS) is 16.1. The van der Waals surface area contributed by atoms with Crippen molar-refractivity contribution in [1.82, 2.24) is 29.3 Å². The van der Waals surface area contributed by atoms with Crippen molar-refractivity contribution in [2.24, 2.45) is 5.92 Å². The maximum atomic E-state index is 12.9. The van der Waals surface area contributed by atoms with Crippen molar-refractivity contribution in [3.05, 3.63) is 47.2 Å². The molecule has 8 nitrogen and oxygen atoms in total. The number of aliphatic hydroxyl groups excluding tert-OH is 1. The summed E-state index contributed by atoms with van der Waals surface area (Å²) in [7, 11) is 0. The van der Waals surface area contributed by atoms with Gasteiger partial charge >= 0.3 is 0 Å². The molecule has 3 aromatic heterocycles. The van der Waals surface area contributed by atoms with E-state index in [1.165, 1.54) is 0 Å². The maximum absolute atomic E-state index is 12.9. The van der Waals surface area contributed by atoms with Gasteiger partial charge in [0.15, 0.2) is 11.5 Å². The van der Waals surface area contributed by atoms with Gasteiger partial charge in [-0.2, -0.15) is 5.10 Å². The number of aliphatic hydroxyl groups is 1. The lowest BCUT2D eigenvalue weighted by Gasteiger charge is -2.39. The second kappa shape index (κ2) is 6.45. The topological polar surface area (TPSA) is 88.5 Å². The quantitative estimate of drug-likeness (QED) is 0.760. The first kappa shape index (κ1) is 17.7. The van der Waals surface area contributed by atoms with E-state index in [0.29, 0.717) is 30.1 Å². The highest BCUT2D eigenvalue weighted by molar-refractivity contribution is 5.94. The molecule has 1 aliphatic heterocycles. The van der Waals surface area contributed by atoms with Gasteiger partial charge in [0.1, 0.15) is 6.10 Å². The van der Waals surface area contributed by atoms with Crippen molar-refractivity contribution in [3.63, 3.8) is 0 Å². The van der Waals surface area contributed by atoms with Gasteiger partial charge < -0.3 is 10.0 Å². The second-order valence-corrected chi connectivity index (χ2v) is 7.63. The third-order valence-corrected chi connectivity index (χ3v) is 5.11. The van der Waals surface area contributed by atoms with Crippen LogP contribution in [-0.4, -0.2) is 53.4 Å². The monoisotopic (exact) mass is 368 g/mol. The molecule has 0 aliphatic carbocycles. The molecule has 3 aromatic rings. The molecule has 142 valence electrons. The number of pyridine rings is 1. The zero-order valence-electron chi connectivity index (χ0n) is 16.0. The minimum Gasteiger partial charge on any atom is -0.385 e. The third-order valence-electron chi connectivity index (χ3n) is 5.11. The van der Waals surface area contributed by atoms with Gasteiger partial charge in [0, 0.05) is 25.0 Å². The molecule has 4 rings (SSSR count). The summed E-state index contributed by atoms with van der Waals surface area (Å²) >= 11 is 0. The second-order valence-electron chi connectivity index (χ2n) is 7.63. The van der Waals surface area contributed by atoms with Crippen LogP contribution in [0.15, 0.2) is 24.4 Å². The molecule has 1 fully saturated rings.